The van der Waals surface area contributed by atoms with Crippen LogP contribution in [0.4, 0.5) is 13.6 Å². The van der Waals surface area contributed by atoms with E-state index in [9.17, 15) is 18.4 Å². The smallest absolute Gasteiger partial charge is 0.466 e. The van der Waals surface area contributed by atoms with Crippen LogP contribution in [-0.4, -0.2) is 72.6 Å². The predicted molar refractivity (Wildman–Crippen MR) is 122 cm³/mol. The molecule has 0 spiro atoms. The highest BCUT2D eigenvalue weighted by atomic mass is 19.1. The lowest BCUT2D eigenvalue weighted by Gasteiger charge is -2.39. The van der Waals surface area contributed by atoms with Gasteiger partial charge in [-0.1, -0.05) is 12.1 Å². The Balaban J connectivity index is 1.84. The number of amidine groups is 1. The average molecular weight is 502 g/mol. The van der Waals surface area contributed by atoms with E-state index in [-0.39, 0.29) is 24.6 Å². The van der Waals surface area contributed by atoms with E-state index in [1.54, 1.807) is 11.8 Å². The molecule has 10 nitrogen and oxygen atoms in total. The minimum Gasteiger partial charge on any atom is -0.466 e. The van der Waals surface area contributed by atoms with Gasteiger partial charge in [-0.25, -0.2) is 28.3 Å². The van der Waals surface area contributed by atoms with Gasteiger partial charge in [0.15, 0.2) is 12.1 Å². The molecule has 0 aliphatic carbocycles. The van der Waals surface area contributed by atoms with Crippen LogP contribution in [0, 0.1) is 11.6 Å². The van der Waals surface area contributed by atoms with Gasteiger partial charge >= 0.3 is 12.1 Å². The van der Waals surface area contributed by atoms with Crippen LogP contribution in [0.15, 0.2) is 58.9 Å². The summed E-state index contributed by atoms with van der Waals surface area (Å²) in [6.07, 6.45) is -1.36. The highest BCUT2D eigenvalue weighted by Crippen LogP contribution is 2.39. The molecule has 2 aliphatic heterocycles. The molecule has 4 rings (SSSR count). The Labute approximate surface area is 205 Å². The molecule has 0 radical (unpaired) electrons. The Morgan fingerprint density at radius 3 is 2.58 bits per heavy atom. The molecule has 190 valence electrons. The number of carbonyl (C=O) groups excluding carboxylic acids is 1. The first-order valence-electron chi connectivity index (χ1n) is 11.0. The Morgan fingerprint density at radius 1 is 1.22 bits per heavy atom. The van der Waals surface area contributed by atoms with Gasteiger partial charge in [0.05, 0.1) is 32.1 Å². The fourth-order valence-corrected chi connectivity index (χ4v) is 4.19. The van der Waals surface area contributed by atoms with Gasteiger partial charge in [-0.3, -0.25) is 4.90 Å². The zero-order valence-corrected chi connectivity index (χ0v) is 19.5. The number of benzene rings is 1. The van der Waals surface area contributed by atoms with Crippen LogP contribution < -0.4 is 5.32 Å². The minimum absolute atomic E-state index is 0.00281. The van der Waals surface area contributed by atoms with E-state index in [2.05, 4.69) is 10.3 Å². The van der Waals surface area contributed by atoms with E-state index >= 15 is 0 Å². The van der Waals surface area contributed by atoms with Crippen molar-refractivity contribution in [3.8, 4) is 0 Å². The van der Waals surface area contributed by atoms with Gasteiger partial charge in [0.25, 0.3) is 0 Å². The average Bonchev–Trinajstić information content (AvgIpc) is 2.85. The second-order valence-electron chi connectivity index (χ2n) is 8.26. The maximum Gasteiger partial charge on any atom is 0.507 e. The number of pyridine rings is 1. The van der Waals surface area contributed by atoms with E-state index < -0.39 is 35.5 Å². The third-order valence-electron chi connectivity index (χ3n) is 5.95. The van der Waals surface area contributed by atoms with Crippen molar-refractivity contribution >= 4 is 18.0 Å². The number of morpholine rings is 1. The Kier molecular flexibility index (Phi) is 7.27. The van der Waals surface area contributed by atoms with E-state index in [0.717, 1.165) is 6.20 Å². The quantitative estimate of drug-likeness (QED) is 0.574. The van der Waals surface area contributed by atoms with Gasteiger partial charge in [0.1, 0.15) is 22.9 Å². The number of nitrogens with zero attached hydrogens (tertiary/aromatic N) is 3. The van der Waals surface area contributed by atoms with E-state index in [4.69, 9.17) is 24.3 Å². The molecule has 1 saturated heterocycles. The molecule has 2 aromatic rings. The largest absolute Gasteiger partial charge is 0.507 e. The molecule has 2 aliphatic rings. The highest BCUT2D eigenvalue weighted by molar-refractivity contribution is 6.03. The van der Waals surface area contributed by atoms with Crippen molar-refractivity contribution in [2.75, 3.05) is 33.4 Å². The molecule has 1 aromatic carbocycles. The number of nitrogens with one attached hydrogen (secondary N) is 1. The molecule has 2 atom stereocenters. The van der Waals surface area contributed by atoms with E-state index in [1.165, 1.54) is 43.5 Å². The van der Waals surface area contributed by atoms with Crippen LogP contribution in [-0.2, 0) is 24.5 Å². The minimum atomic E-state index is -1.47. The summed E-state index contributed by atoms with van der Waals surface area (Å²) in [7, 11) is 1.23. The summed E-state index contributed by atoms with van der Waals surface area (Å²) >= 11 is 0. The van der Waals surface area contributed by atoms with Gasteiger partial charge in [-0.2, -0.15) is 0 Å². The van der Waals surface area contributed by atoms with Gasteiger partial charge < -0.3 is 24.6 Å². The number of hydrogen-bond acceptors (Lipinski definition) is 9. The third-order valence-corrected chi connectivity index (χ3v) is 5.95. The van der Waals surface area contributed by atoms with Crippen LogP contribution in [0.5, 0.6) is 0 Å². The number of ether oxygens (including phenoxy) is 3. The van der Waals surface area contributed by atoms with Crippen LogP contribution in [0.1, 0.15) is 18.2 Å². The SMILES string of the molecule is COC(=O)C1=C(CN2CCOC[C@H]2OC(=O)O)NC(c2ccc(F)cn2)=NC1(C)c1ccc(F)cc1. The van der Waals surface area contributed by atoms with Gasteiger partial charge in [-0.15, -0.1) is 0 Å². The number of esters is 1. The number of aliphatic imine (C=N–C) groups is 1. The first kappa shape index (κ1) is 25.2. The van der Waals surface area contributed by atoms with E-state index in [0.29, 0.717) is 30.1 Å². The van der Waals surface area contributed by atoms with Crippen molar-refractivity contribution in [2.45, 2.75) is 18.7 Å². The third kappa shape index (κ3) is 5.19. The van der Waals surface area contributed by atoms with Crippen molar-refractivity contribution in [1.29, 1.82) is 0 Å². The Bertz CT molecular complexity index is 1200. The Hall–Kier alpha value is -3.90. The zero-order chi connectivity index (χ0) is 25.9. The molecule has 2 N–H and O–H groups in total. The second kappa shape index (κ2) is 10.4. The van der Waals surface area contributed by atoms with Gasteiger partial charge in [-0.05, 0) is 36.8 Å². The van der Waals surface area contributed by atoms with E-state index in [1.807, 2.05) is 0 Å². The molecule has 1 unspecified atom stereocenters. The maximum atomic E-state index is 13.7. The predicted octanol–water partition coefficient (Wildman–Crippen LogP) is 2.41. The molecule has 0 bridgehead atoms. The van der Waals surface area contributed by atoms with Crippen LogP contribution >= 0.6 is 0 Å². The number of carboxylic acid groups (broad SMARTS) is 1. The molecule has 36 heavy (non-hydrogen) atoms. The summed E-state index contributed by atoms with van der Waals surface area (Å²) in [6, 6.07) is 8.16. The zero-order valence-electron chi connectivity index (χ0n) is 19.5. The summed E-state index contributed by atoms with van der Waals surface area (Å²) in [6.45, 7) is 2.33. The Morgan fingerprint density at radius 2 is 1.94 bits per heavy atom. The topological polar surface area (TPSA) is 123 Å². The van der Waals surface area contributed by atoms with Crippen molar-refractivity contribution in [3.05, 3.63) is 76.8 Å². The van der Waals surface area contributed by atoms with Crippen LogP contribution in [0.2, 0.25) is 0 Å². The fourth-order valence-electron chi connectivity index (χ4n) is 4.19. The number of carbonyl (C=O) groups is 2. The summed E-state index contributed by atoms with van der Waals surface area (Å²) < 4.78 is 42.7. The molecule has 0 amide bonds. The van der Waals surface area contributed by atoms with Gasteiger partial charge in [0, 0.05) is 18.8 Å². The number of aromatic nitrogens is 1. The molecule has 1 aromatic heterocycles. The number of rotatable bonds is 6. The van der Waals surface area contributed by atoms with Crippen LogP contribution in [0.3, 0.4) is 0 Å². The normalized spacial score (nSPS) is 22.4. The lowest BCUT2D eigenvalue weighted by Crippen LogP contribution is -2.51. The van der Waals surface area contributed by atoms with Crippen molar-refractivity contribution in [2.24, 2.45) is 4.99 Å². The number of hydrogen-bond donors (Lipinski definition) is 2. The monoisotopic (exact) mass is 502 g/mol. The van der Waals surface area contributed by atoms with Crippen molar-refractivity contribution < 1.29 is 37.7 Å². The number of methoxy groups -OCH3 is 1. The van der Waals surface area contributed by atoms with Crippen LogP contribution in [0.25, 0.3) is 0 Å². The molecular formula is C24H24F2N4O6. The molecular weight excluding hydrogens is 478 g/mol. The molecule has 0 saturated carbocycles. The number of halogens is 2. The lowest BCUT2D eigenvalue weighted by molar-refractivity contribution is -0.137. The van der Waals surface area contributed by atoms with Crippen molar-refractivity contribution in [1.82, 2.24) is 15.2 Å². The standard InChI is InChI=1S/C24H24F2N4O6/c1-24(14-3-5-15(25)6-4-14)20(22(31)34-2)18(12-30-9-10-35-13-19(30)36-23(32)33)28-21(29-24)17-8-7-16(26)11-27-17/h3-8,11,19H,9-10,12-13H2,1-2H3,(H,28,29)(H,32,33)/t19-,24?/m1/s1. The molecule has 1 fully saturated rings. The van der Waals surface area contributed by atoms with Crippen molar-refractivity contribution in [3.63, 3.8) is 0 Å². The molecule has 3 heterocycles. The summed E-state index contributed by atoms with van der Waals surface area (Å²) in [4.78, 5) is 34.9. The maximum absolute atomic E-state index is 13.7. The summed E-state index contributed by atoms with van der Waals surface area (Å²) in [5, 5.41) is 12.2. The summed E-state index contributed by atoms with van der Waals surface area (Å²) in [5.41, 5.74) is -0.106. The summed E-state index contributed by atoms with van der Waals surface area (Å²) in [5.74, 6) is -1.47. The first-order chi connectivity index (χ1) is 17.2. The molecule has 12 heteroatoms. The second-order valence-corrected chi connectivity index (χ2v) is 8.26. The first-order valence-corrected chi connectivity index (χ1v) is 11.0. The fraction of sp³-hybridized carbons (Fsp3) is 0.333. The highest BCUT2D eigenvalue weighted by Gasteiger charge is 2.43. The van der Waals surface area contributed by atoms with Gasteiger partial charge in [0.2, 0.25) is 0 Å². The lowest BCUT2D eigenvalue weighted by atomic mass is 9.82.